The number of methoxy groups -OCH3 is 2. The Bertz CT molecular complexity index is 1940. The van der Waals surface area contributed by atoms with Crippen molar-refractivity contribution in [3.05, 3.63) is 136 Å². The smallest absolute Gasteiger partial charge is 0.396 e. The SMILES string of the molecule is COC(=O)C(=O)NC(Cc1c(F)ccc(F)c1F)c1ccccn1.COC(=O)c1nc(Cc2c(F)ccc(F)c2F)c2ccccn12. The molecule has 1 N–H and O–H groups in total. The third-order valence-corrected chi connectivity index (χ3v) is 6.74. The number of aromatic nitrogens is 3. The van der Waals surface area contributed by atoms with Gasteiger partial charge in [-0.1, -0.05) is 12.1 Å². The van der Waals surface area contributed by atoms with Crippen LogP contribution in [0.4, 0.5) is 26.3 Å². The number of esters is 2. The standard InChI is InChI=1S/C16H13F3N2O3.C16H11F3N2O2/c1-24-16(23)15(22)21-13(12-4-2-3-7-20-12)8-9-10(17)5-6-11(18)14(9)19;1-23-16(22)15-20-12(13-4-2-3-7-21(13)15)8-9-10(17)5-6-11(18)14(9)19/h2-7,13H,8H2,1H3,(H,21,22);2-7H,8H2,1H3. The molecule has 2 aromatic carbocycles. The van der Waals surface area contributed by atoms with E-state index < -0.39 is 76.3 Å². The van der Waals surface area contributed by atoms with E-state index in [1.54, 1.807) is 36.5 Å². The zero-order valence-corrected chi connectivity index (χ0v) is 24.6. The summed E-state index contributed by atoms with van der Waals surface area (Å²) in [7, 11) is 2.22. The van der Waals surface area contributed by atoms with Crippen LogP contribution < -0.4 is 5.32 Å². The second-order valence-corrected chi connectivity index (χ2v) is 9.63. The van der Waals surface area contributed by atoms with E-state index in [4.69, 9.17) is 0 Å². The van der Waals surface area contributed by atoms with Crippen molar-refractivity contribution in [2.24, 2.45) is 0 Å². The third-order valence-electron chi connectivity index (χ3n) is 6.74. The maximum Gasteiger partial charge on any atom is 0.396 e. The Hall–Kier alpha value is -5.73. The van der Waals surface area contributed by atoms with Crippen molar-refractivity contribution in [3.63, 3.8) is 0 Å². The third kappa shape index (κ3) is 7.74. The van der Waals surface area contributed by atoms with E-state index in [9.17, 15) is 40.7 Å². The number of carbonyl (C=O) groups excluding carboxylic acids is 3. The van der Waals surface area contributed by atoms with E-state index in [0.717, 1.165) is 25.3 Å². The maximum atomic E-state index is 13.9. The number of fused-ring (bicyclic) bond motifs is 1. The topological polar surface area (TPSA) is 112 Å². The number of pyridine rings is 2. The summed E-state index contributed by atoms with van der Waals surface area (Å²) in [4.78, 5) is 42.8. The Kier molecular flexibility index (Phi) is 10.9. The summed E-state index contributed by atoms with van der Waals surface area (Å²) >= 11 is 0. The number of benzene rings is 2. The van der Waals surface area contributed by atoms with E-state index >= 15 is 0 Å². The Morgan fingerprint density at radius 2 is 1.40 bits per heavy atom. The number of hydrogen-bond acceptors (Lipinski definition) is 7. The quantitative estimate of drug-likeness (QED) is 0.111. The second kappa shape index (κ2) is 15.0. The second-order valence-electron chi connectivity index (χ2n) is 9.63. The van der Waals surface area contributed by atoms with E-state index in [0.29, 0.717) is 11.6 Å². The van der Waals surface area contributed by atoms with Gasteiger partial charge in [-0.25, -0.2) is 40.9 Å². The molecule has 0 bridgehead atoms. The highest BCUT2D eigenvalue weighted by atomic mass is 19.2. The molecule has 5 rings (SSSR count). The molecule has 15 heteroatoms. The summed E-state index contributed by atoms with van der Waals surface area (Å²) in [5.41, 5.74) is -0.0238. The predicted molar refractivity (Wildman–Crippen MR) is 153 cm³/mol. The number of nitrogens with one attached hydrogen (secondary N) is 1. The van der Waals surface area contributed by atoms with Gasteiger partial charge in [0.1, 0.15) is 11.6 Å². The molecular formula is C32H24F6N4O5. The first kappa shape index (κ1) is 34.1. The molecule has 0 saturated heterocycles. The molecule has 0 fully saturated rings. The molecule has 1 amide bonds. The molecule has 5 aromatic rings. The van der Waals surface area contributed by atoms with Crippen LogP contribution in [0.5, 0.6) is 0 Å². The number of carbonyl (C=O) groups is 3. The number of rotatable bonds is 7. The number of ether oxygens (including phenoxy) is 2. The first-order valence-corrected chi connectivity index (χ1v) is 13.6. The highest BCUT2D eigenvalue weighted by Gasteiger charge is 2.25. The lowest BCUT2D eigenvalue weighted by atomic mass is 10.0. The van der Waals surface area contributed by atoms with Crippen molar-refractivity contribution in [1.82, 2.24) is 19.7 Å². The minimum atomic E-state index is -1.36. The van der Waals surface area contributed by atoms with Crippen molar-refractivity contribution >= 4 is 23.4 Å². The zero-order valence-electron chi connectivity index (χ0n) is 24.6. The molecular weight excluding hydrogens is 634 g/mol. The van der Waals surface area contributed by atoms with E-state index in [-0.39, 0.29) is 23.6 Å². The molecule has 0 spiro atoms. The van der Waals surface area contributed by atoms with Crippen molar-refractivity contribution in [1.29, 1.82) is 0 Å². The molecule has 0 aliphatic heterocycles. The molecule has 0 aliphatic carbocycles. The molecule has 47 heavy (non-hydrogen) atoms. The van der Waals surface area contributed by atoms with Gasteiger partial charge in [0, 0.05) is 36.4 Å². The van der Waals surface area contributed by atoms with Crippen LogP contribution in [0.2, 0.25) is 0 Å². The number of amides is 1. The van der Waals surface area contributed by atoms with Gasteiger partial charge in [0.05, 0.1) is 37.2 Å². The summed E-state index contributed by atoms with van der Waals surface area (Å²) in [5.74, 6) is -9.80. The van der Waals surface area contributed by atoms with Crippen molar-refractivity contribution < 1.29 is 50.2 Å². The van der Waals surface area contributed by atoms with Crippen LogP contribution in [-0.2, 0) is 31.9 Å². The lowest BCUT2D eigenvalue weighted by Gasteiger charge is -2.18. The van der Waals surface area contributed by atoms with Crippen molar-refractivity contribution in [2.75, 3.05) is 14.2 Å². The Balaban J connectivity index is 0.000000213. The number of halogens is 6. The Morgan fingerprint density at radius 1 is 0.787 bits per heavy atom. The van der Waals surface area contributed by atoms with Crippen LogP contribution in [0, 0.1) is 34.9 Å². The molecule has 1 atom stereocenters. The first-order valence-electron chi connectivity index (χ1n) is 13.6. The average Bonchev–Trinajstić information content (AvgIpc) is 3.46. The van der Waals surface area contributed by atoms with Crippen LogP contribution in [-0.4, -0.2) is 46.4 Å². The van der Waals surface area contributed by atoms with Gasteiger partial charge in [-0.05, 0) is 48.5 Å². The minimum absolute atomic E-state index is 0.0182. The summed E-state index contributed by atoms with van der Waals surface area (Å²) in [6.07, 6.45) is 2.26. The fourth-order valence-electron chi connectivity index (χ4n) is 4.45. The van der Waals surface area contributed by atoms with Crippen LogP contribution in [0.1, 0.15) is 39.2 Å². The molecule has 0 radical (unpaired) electrons. The molecule has 244 valence electrons. The molecule has 0 saturated carbocycles. The highest BCUT2D eigenvalue weighted by Crippen LogP contribution is 2.24. The van der Waals surface area contributed by atoms with Gasteiger partial charge in [-0.3, -0.25) is 14.2 Å². The van der Waals surface area contributed by atoms with Crippen LogP contribution in [0.15, 0.2) is 73.1 Å². The molecule has 9 nitrogen and oxygen atoms in total. The highest BCUT2D eigenvalue weighted by molar-refractivity contribution is 6.32. The molecule has 3 heterocycles. The summed E-state index contributed by atoms with van der Waals surface area (Å²) < 4.78 is 92.4. The Labute approximate surface area is 262 Å². The number of nitrogens with zero attached hydrogens (tertiary/aromatic N) is 3. The summed E-state index contributed by atoms with van der Waals surface area (Å²) in [6.45, 7) is 0. The fraction of sp³-hybridized carbons (Fsp3) is 0.156. The van der Waals surface area contributed by atoms with Gasteiger partial charge in [0.25, 0.3) is 0 Å². The summed E-state index contributed by atoms with van der Waals surface area (Å²) in [6, 6.07) is 11.7. The van der Waals surface area contributed by atoms with Crippen LogP contribution in [0.25, 0.3) is 5.52 Å². The summed E-state index contributed by atoms with van der Waals surface area (Å²) in [5, 5.41) is 2.27. The van der Waals surface area contributed by atoms with Crippen LogP contribution >= 0.6 is 0 Å². The van der Waals surface area contributed by atoms with E-state index in [2.05, 4.69) is 24.8 Å². The normalized spacial score (nSPS) is 11.3. The first-order chi connectivity index (χ1) is 22.5. The van der Waals surface area contributed by atoms with Gasteiger partial charge in [0.2, 0.25) is 5.82 Å². The number of hydrogen-bond donors (Lipinski definition) is 1. The lowest BCUT2D eigenvalue weighted by Crippen LogP contribution is -2.36. The number of imidazole rings is 1. The molecule has 1 unspecified atom stereocenters. The minimum Gasteiger partial charge on any atom is -0.463 e. The molecule has 3 aromatic heterocycles. The van der Waals surface area contributed by atoms with Crippen LogP contribution in [0.3, 0.4) is 0 Å². The van der Waals surface area contributed by atoms with Gasteiger partial charge >= 0.3 is 17.8 Å². The van der Waals surface area contributed by atoms with Gasteiger partial charge < -0.3 is 14.8 Å². The lowest BCUT2D eigenvalue weighted by molar-refractivity contribution is -0.153. The molecule has 0 aliphatic rings. The predicted octanol–water partition coefficient (Wildman–Crippen LogP) is 5.20. The van der Waals surface area contributed by atoms with Crippen molar-refractivity contribution in [2.45, 2.75) is 18.9 Å². The van der Waals surface area contributed by atoms with Gasteiger partial charge in [0.15, 0.2) is 23.3 Å². The van der Waals surface area contributed by atoms with Crippen molar-refractivity contribution in [3.8, 4) is 0 Å². The van der Waals surface area contributed by atoms with Gasteiger partial charge in [-0.15, -0.1) is 0 Å². The fourth-order valence-corrected chi connectivity index (χ4v) is 4.45. The van der Waals surface area contributed by atoms with E-state index in [1.165, 1.54) is 23.8 Å². The maximum absolute atomic E-state index is 13.9. The monoisotopic (exact) mass is 658 g/mol. The Morgan fingerprint density at radius 3 is 2.02 bits per heavy atom. The zero-order chi connectivity index (χ0) is 34.2. The largest absolute Gasteiger partial charge is 0.463 e. The van der Waals surface area contributed by atoms with Gasteiger partial charge in [-0.2, -0.15) is 0 Å². The average molecular weight is 659 g/mol. The van der Waals surface area contributed by atoms with E-state index in [1.807, 2.05) is 0 Å².